The van der Waals surface area contributed by atoms with Gasteiger partial charge in [-0.1, -0.05) is 19.9 Å². The van der Waals surface area contributed by atoms with Crippen molar-refractivity contribution in [1.82, 2.24) is 9.62 Å². The number of carbonyl (C=O) groups is 2. The van der Waals surface area contributed by atoms with E-state index in [-0.39, 0.29) is 23.8 Å². The van der Waals surface area contributed by atoms with Crippen LogP contribution in [0.3, 0.4) is 0 Å². The number of hydrogen-bond donors (Lipinski definition) is 2. The molecule has 9 heteroatoms. The van der Waals surface area contributed by atoms with Crippen LogP contribution in [-0.4, -0.2) is 61.5 Å². The molecule has 1 fully saturated rings. The number of aryl methyl sites for hydroxylation is 2. The summed E-state index contributed by atoms with van der Waals surface area (Å²) in [6.45, 7) is 7.30. The summed E-state index contributed by atoms with van der Waals surface area (Å²) < 4.78 is 32.0. The fourth-order valence-corrected chi connectivity index (χ4v) is 4.59. The molecule has 1 heterocycles. The monoisotopic (exact) mass is 412 g/mol. The Balaban J connectivity index is 2.12. The first-order chi connectivity index (χ1) is 13.0. The van der Waals surface area contributed by atoms with Gasteiger partial charge in [0.15, 0.2) is 6.61 Å². The minimum atomic E-state index is -3.99. The number of aliphatic hydroxyl groups is 1. The quantitative estimate of drug-likeness (QED) is 0.639. The lowest BCUT2D eigenvalue weighted by molar-refractivity contribution is -0.151. The number of sulfonamides is 1. The predicted octanol–water partition coefficient (Wildman–Crippen LogP) is 0.743. The zero-order valence-electron chi connectivity index (χ0n) is 16.6. The lowest BCUT2D eigenvalue weighted by atomic mass is 10.1. The number of β-amino-alcohol motifs (C(OH)–C–C–N with tert-alkyl or cyclic N) is 1. The van der Waals surface area contributed by atoms with Crippen molar-refractivity contribution in [3.05, 3.63) is 29.3 Å². The highest BCUT2D eigenvalue weighted by molar-refractivity contribution is 7.89. The molecule has 0 radical (unpaired) electrons. The molecule has 1 aliphatic heterocycles. The van der Waals surface area contributed by atoms with Gasteiger partial charge in [-0.15, -0.1) is 0 Å². The van der Waals surface area contributed by atoms with Crippen molar-refractivity contribution < 1.29 is 27.9 Å². The van der Waals surface area contributed by atoms with Gasteiger partial charge in [0.2, 0.25) is 10.0 Å². The highest BCUT2D eigenvalue weighted by atomic mass is 32.2. The summed E-state index contributed by atoms with van der Waals surface area (Å²) in [5.74, 6) is -1.05. The molecule has 1 unspecified atom stereocenters. The van der Waals surface area contributed by atoms with Crippen LogP contribution in [0.15, 0.2) is 23.1 Å². The predicted molar refractivity (Wildman–Crippen MR) is 103 cm³/mol. The number of aliphatic hydroxyl groups excluding tert-OH is 1. The van der Waals surface area contributed by atoms with Crippen molar-refractivity contribution in [1.29, 1.82) is 0 Å². The molecular formula is C19H28N2O6S. The van der Waals surface area contributed by atoms with Crippen molar-refractivity contribution in [2.24, 2.45) is 5.92 Å². The Hall–Kier alpha value is -1.97. The van der Waals surface area contributed by atoms with Gasteiger partial charge in [-0.3, -0.25) is 9.59 Å². The van der Waals surface area contributed by atoms with Crippen LogP contribution in [0.5, 0.6) is 0 Å². The van der Waals surface area contributed by atoms with Crippen LogP contribution in [0.2, 0.25) is 0 Å². The largest absolute Gasteiger partial charge is 0.454 e. The van der Waals surface area contributed by atoms with E-state index in [1.54, 1.807) is 13.0 Å². The van der Waals surface area contributed by atoms with Gasteiger partial charge in [-0.2, -0.15) is 4.31 Å². The summed E-state index contributed by atoms with van der Waals surface area (Å²) in [7, 11) is -3.99. The van der Waals surface area contributed by atoms with Crippen molar-refractivity contribution in [3.8, 4) is 0 Å². The molecule has 1 aliphatic rings. The van der Waals surface area contributed by atoms with E-state index >= 15 is 0 Å². The van der Waals surface area contributed by atoms with Crippen molar-refractivity contribution >= 4 is 21.9 Å². The third-order valence-corrected chi connectivity index (χ3v) is 6.51. The smallest absolute Gasteiger partial charge is 0.325 e. The molecule has 2 rings (SSSR count). The summed E-state index contributed by atoms with van der Waals surface area (Å²) in [4.78, 5) is 24.2. The first-order valence-electron chi connectivity index (χ1n) is 9.23. The zero-order chi connectivity index (χ0) is 21.1. The second kappa shape index (κ2) is 9.02. The van der Waals surface area contributed by atoms with E-state index in [2.05, 4.69) is 5.32 Å². The number of nitrogens with zero attached hydrogens (tertiary/aromatic N) is 1. The maximum atomic E-state index is 13.0. The average Bonchev–Trinajstić information content (AvgIpc) is 3.02. The van der Waals surface area contributed by atoms with Crippen molar-refractivity contribution in [2.75, 3.05) is 19.7 Å². The number of rotatable bonds is 7. The van der Waals surface area contributed by atoms with Crippen LogP contribution in [0, 0.1) is 19.8 Å². The van der Waals surface area contributed by atoms with E-state index < -0.39 is 40.7 Å². The molecule has 0 saturated carbocycles. The summed E-state index contributed by atoms with van der Waals surface area (Å²) >= 11 is 0. The van der Waals surface area contributed by atoms with Crippen LogP contribution in [0.1, 0.15) is 31.4 Å². The van der Waals surface area contributed by atoms with Gasteiger partial charge in [0.05, 0.1) is 11.0 Å². The maximum Gasteiger partial charge on any atom is 0.325 e. The minimum Gasteiger partial charge on any atom is -0.454 e. The number of benzene rings is 1. The molecule has 0 spiro atoms. The molecule has 156 valence electrons. The molecule has 28 heavy (non-hydrogen) atoms. The molecule has 2 N–H and O–H groups in total. The third-order valence-electron chi connectivity index (χ3n) is 4.64. The van der Waals surface area contributed by atoms with Gasteiger partial charge in [-0.05, 0) is 43.0 Å². The fourth-order valence-electron chi connectivity index (χ4n) is 2.88. The molecule has 1 aromatic rings. The first-order valence-corrected chi connectivity index (χ1v) is 10.7. The SMILES string of the molecule is Cc1ccc(S(=O)(=O)N2CC(O)C[C@H]2C(=O)OCC(=O)NCC(C)C)cc1C. The number of amides is 1. The van der Waals surface area contributed by atoms with E-state index in [1.165, 1.54) is 12.1 Å². The van der Waals surface area contributed by atoms with Gasteiger partial charge in [-0.25, -0.2) is 8.42 Å². The van der Waals surface area contributed by atoms with Gasteiger partial charge in [0.1, 0.15) is 6.04 Å². The number of hydrogen-bond acceptors (Lipinski definition) is 6. The van der Waals surface area contributed by atoms with Crippen molar-refractivity contribution in [2.45, 2.75) is 51.2 Å². The molecule has 1 amide bonds. The summed E-state index contributed by atoms with van der Waals surface area (Å²) in [5, 5.41) is 12.6. The summed E-state index contributed by atoms with van der Waals surface area (Å²) in [6, 6.07) is 3.54. The summed E-state index contributed by atoms with van der Waals surface area (Å²) in [6.07, 6.45) is -1.05. The average molecular weight is 413 g/mol. The van der Waals surface area contributed by atoms with E-state index in [0.717, 1.165) is 15.4 Å². The van der Waals surface area contributed by atoms with E-state index in [0.29, 0.717) is 6.54 Å². The highest BCUT2D eigenvalue weighted by Crippen LogP contribution is 2.28. The number of esters is 1. The van der Waals surface area contributed by atoms with E-state index in [9.17, 15) is 23.1 Å². The Kier molecular flexibility index (Phi) is 7.19. The lowest BCUT2D eigenvalue weighted by Crippen LogP contribution is -2.42. The second-order valence-corrected chi connectivity index (χ2v) is 9.42. The zero-order valence-corrected chi connectivity index (χ0v) is 17.5. The van der Waals surface area contributed by atoms with Gasteiger partial charge in [0, 0.05) is 19.5 Å². The van der Waals surface area contributed by atoms with E-state index in [1.807, 2.05) is 20.8 Å². The molecule has 0 bridgehead atoms. The van der Waals surface area contributed by atoms with Gasteiger partial charge in [0.25, 0.3) is 5.91 Å². The topological polar surface area (TPSA) is 113 Å². The van der Waals surface area contributed by atoms with Gasteiger partial charge >= 0.3 is 5.97 Å². The Morgan fingerprint density at radius 3 is 2.57 bits per heavy atom. The molecule has 8 nitrogen and oxygen atoms in total. The second-order valence-electron chi connectivity index (χ2n) is 7.53. The maximum absolute atomic E-state index is 13.0. The highest BCUT2D eigenvalue weighted by Gasteiger charge is 2.44. The number of ether oxygens (including phenoxy) is 1. The van der Waals surface area contributed by atoms with Crippen molar-refractivity contribution in [3.63, 3.8) is 0 Å². The lowest BCUT2D eigenvalue weighted by Gasteiger charge is -2.22. The Morgan fingerprint density at radius 2 is 1.96 bits per heavy atom. The summed E-state index contributed by atoms with van der Waals surface area (Å²) in [5.41, 5.74) is 1.76. The molecular weight excluding hydrogens is 384 g/mol. The third kappa shape index (κ3) is 5.30. The fraction of sp³-hybridized carbons (Fsp3) is 0.579. The first kappa shape index (κ1) is 22.3. The van der Waals surface area contributed by atoms with Crippen LogP contribution < -0.4 is 5.32 Å². The Labute approximate surface area is 165 Å². The molecule has 2 atom stereocenters. The number of nitrogens with one attached hydrogen (secondary N) is 1. The van der Waals surface area contributed by atoms with Crippen LogP contribution >= 0.6 is 0 Å². The minimum absolute atomic E-state index is 0.0529. The standard InChI is InChI=1S/C19H28N2O6S/c1-12(2)9-20-18(23)11-27-19(24)17-8-15(22)10-21(17)28(25,26)16-6-5-13(3)14(4)7-16/h5-7,12,15,17,22H,8-11H2,1-4H3,(H,20,23)/t15?,17-/m0/s1. The molecule has 0 aromatic heterocycles. The van der Waals surface area contributed by atoms with Gasteiger partial charge < -0.3 is 15.2 Å². The molecule has 1 aromatic carbocycles. The molecule has 1 saturated heterocycles. The van der Waals surface area contributed by atoms with E-state index in [4.69, 9.17) is 4.74 Å². The Bertz CT molecular complexity index is 837. The molecule has 0 aliphatic carbocycles. The van der Waals surface area contributed by atoms with Crippen LogP contribution in [-0.2, 0) is 24.3 Å². The Morgan fingerprint density at radius 1 is 1.29 bits per heavy atom. The normalized spacial score (nSPS) is 20.4. The van der Waals surface area contributed by atoms with Crippen LogP contribution in [0.4, 0.5) is 0 Å². The number of carbonyl (C=O) groups excluding carboxylic acids is 2. The van der Waals surface area contributed by atoms with Crippen LogP contribution in [0.25, 0.3) is 0 Å².